The van der Waals surface area contributed by atoms with Crippen LogP contribution in [0.15, 0.2) is 12.3 Å². The quantitative estimate of drug-likeness (QED) is 0.728. The number of halogens is 1. The topological polar surface area (TPSA) is 30.7 Å². The van der Waals surface area contributed by atoms with Crippen LogP contribution in [0.2, 0.25) is 0 Å². The Hall–Kier alpha value is -1.09. The van der Waals surface area contributed by atoms with Crippen molar-refractivity contribution in [3.8, 4) is 0 Å². The van der Waals surface area contributed by atoms with Gasteiger partial charge in [0.15, 0.2) is 5.65 Å². The van der Waals surface area contributed by atoms with Crippen molar-refractivity contribution in [3.63, 3.8) is 0 Å². The van der Waals surface area contributed by atoms with Crippen molar-refractivity contribution in [2.45, 2.75) is 58.4 Å². The van der Waals surface area contributed by atoms with Crippen LogP contribution >= 0.6 is 11.6 Å². The van der Waals surface area contributed by atoms with Crippen LogP contribution in [-0.2, 0) is 0 Å². The van der Waals surface area contributed by atoms with Crippen LogP contribution in [0.3, 0.4) is 0 Å². The molecular formula is C17H24ClN3. The fourth-order valence-electron chi connectivity index (χ4n) is 3.49. The first-order valence-electron chi connectivity index (χ1n) is 7.96. The number of aromatic nitrogens is 3. The van der Waals surface area contributed by atoms with Gasteiger partial charge in [0.2, 0.25) is 0 Å². The lowest BCUT2D eigenvalue weighted by Gasteiger charge is -2.33. The number of fused-ring (bicyclic) bond motifs is 1. The molecule has 0 N–H and O–H groups in total. The third kappa shape index (κ3) is 2.68. The number of imidazole rings is 1. The molecule has 0 saturated heterocycles. The van der Waals surface area contributed by atoms with Crippen molar-refractivity contribution in [2.24, 2.45) is 11.8 Å². The van der Waals surface area contributed by atoms with Gasteiger partial charge >= 0.3 is 0 Å². The maximum absolute atomic E-state index is 6.39. The third-order valence-corrected chi connectivity index (χ3v) is 5.18. The molecule has 1 fully saturated rings. The molecule has 2 heterocycles. The van der Waals surface area contributed by atoms with E-state index in [-0.39, 0.29) is 5.38 Å². The minimum Gasteiger partial charge on any atom is -0.308 e. The lowest BCUT2D eigenvalue weighted by Crippen LogP contribution is -2.24. The summed E-state index contributed by atoms with van der Waals surface area (Å²) in [6.45, 7) is 8.78. The van der Waals surface area contributed by atoms with Gasteiger partial charge in [0.1, 0.15) is 11.3 Å². The van der Waals surface area contributed by atoms with Crippen LogP contribution in [0.1, 0.15) is 62.8 Å². The molecule has 4 heteroatoms. The van der Waals surface area contributed by atoms with Crippen LogP contribution < -0.4 is 0 Å². The number of hydrogen-bond acceptors (Lipinski definition) is 2. The van der Waals surface area contributed by atoms with Crippen molar-refractivity contribution < 1.29 is 0 Å². The molecule has 21 heavy (non-hydrogen) atoms. The van der Waals surface area contributed by atoms with E-state index < -0.39 is 0 Å². The van der Waals surface area contributed by atoms with E-state index in [4.69, 9.17) is 16.6 Å². The average molecular weight is 306 g/mol. The van der Waals surface area contributed by atoms with Gasteiger partial charge in [-0.1, -0.05) is 13.8 Å². The van der Waals surface area contributed by atoms with E-state index in [0.29, 0.717) is 6.04 Å². The van der Waals surface area contributed by atoms with Gasteiger partial charge in [0, 0.05) is 12.2 Å². The molecule has 1 aliphatic carbocycles. The molecule has 0 aromatic carbocycles. The van der Waals surface area contributed by atoms with Crippen molar-refractivity contribution >= 4 is 22.8 Å². The molecule has 2 aromatic rings. The highest BCUT2D eigenvalue weighted by Gasteiger charge is 2.29. The Labute approximate surface area is 131 Å². The number of nitrogens with zero attached hydrogens (tertiary/aromatic N) is 3. The normalized spacial score (nSPS) is 28.0. The van der Waals surface area contributed by atoms with E-state index in [1.54, 1.807) is 0 Å². The molecule has 114 valence electrons. The zero-order chi connectivity index (χ0) is 15.1. The largest absolute Gasteiger partial charge is 0.308 e. The standard InChI is InChI=1S/C17H24ClN3/c1-10-7-15-17(19-9-10)21(16(20-15)13(4)18)14-6-5-11(2)12(3)8-14/h7,9,11-14H,5-6,8H2,1-4H3. The Morgan fingerprint density at radius 3 is 2.71 bits per heavy atom. The van der Waals surface area contributed by atoms with Gasteiger partial charge in [-0.05, 0) is 56.6 Å². The highest BCUT2D eigenvalue weighted by molar-refractivity contribution is 6.20. The first kappa shape index (κ1) is 14.8. The van der Waals surface area contributed by atoms with Crippen LogP contribution in [0.5, 0.6) is 0 Å². The number of alkyl halides is 1. The second-order valence-corrected chi connectivity index (χ2v) is 7.39. The molecule has 4 unspecified atom stereocenters. The summed E-state index contributed by atoms with van der Waals surface area (Å²) >= 11 is 6.39. The molecule has 1 aliphatic rings. The Bertz CT molecular complexity index is 647. The summed E-state index contributed by atoms with van der Waals surface area (Å²) < 4.78 is 2.31. The van der Waals surface area contributed by atoms with E-state index in [1.807, 2.05) is 13.1 Å². The minimum atomic E-state index is -0.0887. The highest BCUT2D eigenvalue weighted by atomic mass is 35.5. The predicted octanol–water partition coefficient (Wildman–Crippen LogP) is 5.04. The monoisotopic (exact) mass is 305 g/mol. The molecule has 0 bridgehead atoms. The van der Waals surface area contributed by atoms with Gasteiger partial charge < -0.3 is 4.57 Å². The van der Waals surface area contributed by atoms with Gasteiger partial charge in [0.25, 0.3) is 0 Å². The fourth-order valence-corrected chi connectivity index (χ4v) is 3.65. The van der Waals surface area contributed by atoms with Crippen LogP contribution in [0.25, 0.3) is 11.2 Å². The zero-order valence-electron chi connectivity index (χ0n) is 13.3. The highest BCUT2D eigenvalue weighted by Crippen LogP contribution is 2.39. The SMILES string of the molecule is Cc1cnc2c(c1)nc(C(C)Cl)n2C1CCC(C)C(C)C1. The molecule has 0 amide bonds. The molecule has 3 rings (SSSR count). The summed E-state index contributed by atoms with van der Waals surface area (Å²) in [4.78, 5) is 9.41. The number of pyridine rings is 1. The summed E-state index contributed by atoms with van der Waals surface area (Å²) in [5.74, 6) is 2.52. The summed E-state index contributed by atoms with van der Waals surface area (Å²) in [6.07, 6.45) is 5.59. The van der Waals surface area contributed by atoms with Gasteiger partial charge in [-0.15, -0.1) is 11.6 Å². The van der Waals surface area contributed by atoms with E-state index in [0.717, 1.165) is 34.4 Å². The Morgan fingerprint density at radius 2 is 2.05 bits per heavy atom. The van der Waals surface area contributed by atoms with Crippen LogP contribution in [0.4, 0.5) is 0 Å². The van der Waals surface area contributed by atoms with Gasteiger partial charge in [-0.3, -0.25) is 0 Å². The van der Waals surface area contributed by atoms with Crippen molar-refractivity contribution in [1.29, 1.82) is 0 Å². The molecule has 0 aliphatic heterocycles. The minimum absolute atomic E-state index is 0.0887. The second kappa shape index (κ2) is 5.60. The van der Waals surface area contributed by atoms with Gasteiger partial charge in [-0.2, -0.15) is 0 Å². The van der Waals surface area contributed by atoms with Crippen molar-refractivity contribution in [3.05, 3.63) is 23.7 Å². The van der Waals surface area contributed by atoms with Crippen molar-refractivity contribution in [1.82, 2.24) is 14.5 Å². The molecule has 3 nitrogen and oxygen atoms in total. The molecular weight excluding hydrogens is 282 g/mol. The predicted molar refractivity (Wildman–Crippen MR) is 87.7 cm³/mol. The maximum Gasteiger partial charge on any atom is 0.160 e. The Balaban J connectivity index is 2.09. The Kier molecular flexibility index (Phi) is 3.96. The van der Waals surface area contributed by atoms with Crippen LogP contribution in [0, 0.1) is 18.8 Å². The number of hydrogen-bond donors (Lipinski definition) is 0. The van der Waals surface area contributed by atoms with E-state index in [9.17, 15) is 0 Å². The maximum atomic E-state index is 6.39. The summed E-state index contributed by atoms with van der Waals surface area (Å²) in [6, 6.07) is 2.59. The average Bonchev–Trinajstić information content (AvgIpc) is 2.80. The fraction of sp³-hybridized carbons (Fsp3) is 0.647. The molecule has 4 atom stereocenters. The van der Waals surface area contributed by atoms with E-state index in [2.05, 4.69) is 36.4 Å². The zero-order valence-corrected chi connectivity index (χ0v) is 14.1. The smallest absolute Gasteiger partial charge is 0.160 e. The number of aryl methyl sites for hydroxylation is 1. The second-order valence-electron chi connectivity index (χ2n) is 6.73. The third-order valence-electron chi connectivity index (χ3n) is 4.99. The first-order valence-corrected chi connectivity index (χ1v) is 8.39. The van der Waals surface area contributed by atoms with Gasteiger partial charge in [0.05, 0.1) is 5.38 Å². The lowest BCUT2D eigenvalue weighted by molar-refractivity contribution is 0.210. The summed E-state index contributed by atoms with van der Waals surface area (Å²) in [5.41, 5.74) is 3.12. The van der Waals surface area contributed by atoms with E-state index >= 15 is 0 Å². The summed E-state index contributed by atoms with van der Waals surface area (Å²) in [5, 5.41) is -0.0887. The van der Waals surface area contributed by atoms with Gasteiger partial charge in [-0.25, -0.2) is 9.97 Å². The summed E-state index contributed by atoms with van der Waals surface area (Å²) in [7, 11) is 0. The lowest BCUT2D eigenvalue weighted by atomic mass is 9.79. The molecule has 0 spiro atoms. The van der Waals surface area contributed by atoms with Crippen LogP contribution in [-0.4, -0.2) is 14.5 Å². The van der Waals surface area contributed by atoms with Crippen molar-refractivity contribution in [2.75, 3.05) is 0 Å². The molecule has 2 aromatic heterocycles. The number of rotatable bonds is 2. The molecule has 0 radical (unpaired) electrons. The first-order chi connectivity index (χ1) is 9.97. The molecule has 1 saturated carbocycles. The Morgan fingerprint density at radius 1 is 1.29 bits per heavy atom. The van der Waals surface area contributed by atoms with E-state index in [1.165, 1.54) is 19.3 Å².